The lowest BCUT2D eigenvalue weighted by Gasteiger charge is -2.13. The van der Waals surface area contributed by atoms with Crippen LogP contribution in [-0.2, 0) is 13.0 Å². The van der Waals surface area contributed by atoms with Crippen LogP contribution in [0.25, 0.3) is 0 Å². The number of nitrogens with zero attached hydrogens (tertiary/aromatic N) is 2. The molecule has 2 aromatic carbocycles. The lowest BCUT2D eigenvalue weighted by molar-refractivity contribution is 0.269. The molecule has 0 aliphatic rings. The van der Waals surface area contributed by atoms with E-state index in [0.717, 1.165) is 11.1 Å². The number of aliphatic hydroxyl groups is 1. The molecule has 0 saturated heterocycles. The number of benzene rings is 2. The summed E-state index contributed by atoms with van der Waals surface area (Å²) in [4.78, 5) is 19.0. The molecule has 3 rings (SSSR count). The Morgan fingerprint density at radius 1 is 1.22 bits per heavy atom. The van der Waals surface area contributed by atoms with E-state index >= 15 is 0 Å². The van der Waals surface area contributed by atoms with Crippen molar-refractivity contribution in [2.24, 2.45) is 5.10 Å². The quantitative estimate of drug-likeness (QED) is 0.317. The largest absolute Gasteiger partial charge is 0.490 e. The van der Waals surface area contributed by atoms with Gasteiger partial charge in [0.25, 0.3) is 5.56 Å². The molecule has 0 saturated carbocycles. The molecule has 9 heteroatoms. The number of aliphatic hydroxyl groups excluding tert-OH is 1. The molecule has 0 fully saturated rings. The van der Waals surface area contributed by atoms with Crippen LogP contribution in [0.1, 0.15) is 29.3 Å². The van der Waals surface area contributed by atoms with E-state index in [-0.39, 0.29) is 24.5 Å². The molecule has 0 aliphatic heterocycles. The van der Waals surface area contributed by atoms with Gasteiger partial charge >= 0.3 is 0 Å². The van der Waals surface area contributed by atoms with Crippen molar-refractivity contribution in [1.29, 1.82) is 0 Å². The lowest BCUT2D eigenvalue weighted by atomic mass is 10.2. The Labute approximate surface area is 190 Å². The fourth-order valence-corrected chi connectivity index (χ4v) is 3.23. The van der Waals surface area contributed by atoms with Crippen LogP contribution in [0.5, 0.6) is 11.5 Å². The highest BCUT2D eigenvalue weighted by Crippen LogP contribution is 2.29. The Bertz CT molecular complexity index is 1150. The van der Waals surface area contributed by atoms with Gasteiger partial charge < -0.3 is 14.6 Å². The number of hydrogen-bond donors (Lipinski definition) is 3. The van der Waals surface area contributed by atoms with Crippen LogP contribution in [-0.4, -0.2) is 34.5 Å². The monoisotopic (exact) mass is 456 g/mol. The van der Waals surface area contributed by atoms with Crippen LogP contribution >= 0.6 is 11.6 Å². The van der Waals surface area contributed by atoms with Crippen molar-refractivity contribution in [2.75, 3.05) is 18.6 Å². The molecule has 32 heavy (non-hydrogen) atoms. The maximum atomic E-state index is 12.1. The van der Waals surface area contributed by atoms with Crippen LogP contribution in [0.4, 0.5) is 5.95 Å². The summed E-state index contributed by atoms with van der Waals surface area (Å²) in [5, 5.41) is 13.8. The van der Waals surface area contributed by atoms with Crippen molar-refractivity contribution in [3.05, 3.63) is 80.2 Å². The third-order valence-electron chi connectivity index (χ3n) is 4.52. The fraction of sp³-hybridized carbons (Fsp3) is 0.261. The first kappa shape index (κ1) is 23.3. The van der Waals surface area contributed by atoms with E-state index in [9.17, 15) is 4.79 Å². The molecule has 168 valence electrons. The molecule has 0 bridgehead atoms. The summed E-state index contributed by atoms with van der Waals surface area (Å²) in [7, 11) is 0. The first-order valence-electron chi connectivity index (χ1n) is 10.1. The van der Waals surface area contributed by atoms with Gasteiger partial charge in [-0.3, -0.25) is 9.78 Å². The molecule has 8 nitrogen and oxygen atoms in total. The predicted molar refractivity (Wildman–Crippen MR) is 125 cm³/mol. The summed E-state index contributed by atoms with van der Waals surface area (Å²) in [6.07, 6.45) is 1.84. The SMILES string of the molecule is CCOc1cc(/C=N\Nc2nc(C)c(CCO)c(=O)[nH]2)ccc1OCc1cccc(Cl)c1. The predicted octanol–water partition coefficient (Wildman–Crippen LogP) is 3.69. The molecule has 0 spiro atoms. The van der Waals surface area contributed by atoms with E-state index in [2.05, 4.69) is 20.5 Å². The summed E-state index contributed by atoms with van der Waals surface area (Å²) in [5.74, 6) is 1.42. The maximum Gasteiger partial charge on any atom is 0.255 e. The second-order valence-corrected chi connectivity index (χ2v) is 7.32. The average molecular weight is 457 g/mol. The molecule has 3 N–H and O–H groups in total. The van der Waals surface area contributed by atoms with Crippen molar-refractivity contribution in [3.8, 4) is 11.5 Å². The topological polar surface area (TPSA) is 109 Å². The third-order valence-corrected chi connectivity index (χ3v) is 4.75. The van der Waals surface area contributed by atoms with Gasteiger partial charge in [0.1, 0.15) is 6.61 Å². The van der Waals surface area contributed by atoms with Crippen molar-refractivity contribution in [1.82, 2.24) is 9.97 Å². The van der Waals surface area contributed by atoms with Crippen LogP contribution < -0.4 is 20.5 Å². The van der Waals surface area contributed by atoms with E-state index < -0.39 is 0 Å². The Hall–Kier alpha value is -3.36. The van der Waals surface area contributed by atoms with Gasteiger partial charge in [0.05, 0.1) is 18.5 Å². The minimum absolute atomic E-state index is 0.114. The van der Waals surface area contributed by atoms with Gasteiger partial charge in [-0.25, -0.2) is 10.4 Å². The summed E-state index contributed by atoms with van der Waals surface area (Å²) >= 11 is 6.03. The smallest absolute Gasteiger partial charge is 0.255 e. The zero-order valence-electron chi connectivity index (χ0n) is 17.9. The minimum atomic E-state index is -0.302. The fourth-order valence-electron chi connectivity index (χ4n) is 3.02. The molecule has 3 aromatic rings. The maximum absolute atomic E-state index is 12.1. The molecular weight excluding hydrogens is 432 g/mol. The minimum Gasteiger partial charge on any atom is -0.490 e. The number of nitrogens with one attached hydrogen (secondary N) is 2. The van der Waals surface area contributed by atoms with Gasteiger partial charge in [-0.2, -0.15) is 5.10 Å². The van der Waals surface area contributed by atoms with Gasteiger partial charge in [-0.05, 0) is 55.3 Å². The Kier molecular flexibility index (Phi) is 8.24. The zero-order chi connectivity index (χ0) is 22.9. The van der Waals surface area contributed by atoms with Gasteiger partial charge in [0, 0.05) is 23.6 Å². The summed E-state index contributed by atoms with van der Waals surface area (Å²) in [6.45, 7) is 4.34. The molecule has 0 atom stereocenters. The Morgan fingerprint density at radius 2 is 2.06 bits per heavy atom. The van der Waals surface area contributed by atoms with Crippen molar-refractivity contribution in [3.63, 3.8) is 0 Å². The number of anilines is 1. The normalized spacial score (nSPS) is 11.0. The standard InChI is InChI=1S/C23H25ClN4O4/c1-3-31-21-12-16(7-8-20(21)32-14-17-5-4-6-18(24)11-17)13-25-28-23-26-15(2)19(9-10-29)22(30)27-23/h4-8,11-13,29H,3,9-10,14H2,1-2H3,(H2,26,27,28,30)/b25-13-. The molecular formula is C23H25ClN4O4. The van der Waals surface area contributed by atoms with E-state index in [1.54, 1.807) is 13.1 Å². The van der Waals surface area contributed by atoms with Gasteiger partial charge in [0.15, 0.2) is 11.5 Å². The molecule has 0 unspecified atom stereocenters. The van der Waals surface area contributed by atoms with Crippen LogP contribution in [0.15, 0.2) is 52.4 Å². The van der Waals surface area contributed by atoms with Crippen molar-refractivity contribution < 1.29 is 14.6 Å². The number of ether oxygens (including phenoxy) is 2. The number of halogens is 1. The number of aromatic amines is 1. The second kappa shape index (κ2) is 11.3. The molecule has 0 amide bonds. The molecule has 0 aliphatic carbocycles. The number of H-pyrrole nitrogens is 1. The number of rotatable bonds is 10. The average Bonchev–Trinajstić information content (AvgIpc) is 2.76. The van der Waals surface area contributed by atoms with E-state index in [1.807, 2.05) is 49.4 Å². The van der Waals surface area contributed by atoms with Crippen molar-refractivity contribution in [2.45, 2.75) is 26.9 Å². The van der Waals surface area contributed by atoms with Crippen molar-refractivity contribution >= 4 is 23.8 Å². The van der Waals surface area contributed by atoms with Crippen LogP contribution in [0.2, 0.25) is 5.02 Å². The molecule has 1 aromatic heterocycles. The Balaban J connectivity index is 1.69. The molecule has 0 radical (unpaired) electrons. The number of aromatic nitrogens is 2. The highest BCUT2D eigenvalue weighted by Gasteiger charge is 2.08. The summed E-state index contributed by atoms with van der Waals surface area (Å²) < 4.78 is 11.6. The zero-order valence-corrected chi connectivity index (χ0v) is 18.6. The number of aryl methyl sites for hydroxylation is 1. The Morgan fingerprint density at radius 3 is 2.78 bits per heavy atom. The lowest BCUT2D eigenvalue weighted by Crippen LogP contribution is -2.19. The third kappa shape index (κ3) is 6.32. The second-order valence-electron chi connectivity index (χ2n) is 6.88. The summed E-state index contributed by atoms with van der Waals surface area (Å²) in [5.41, 5.74) is 5.14. The van der Waals surface area contributed by atoms with Gasteiger partial charge in [-0.15, -0.1) is 0 Å². The first-order valence-corrected chi connectivity index (χ1v) is 10.5. The summed E-state index contributed by atoms with van der Waals surface area (Å²) in [6, 6.07) is 12.9. The highest BCUT2D eigenvalue weighted by atomic mass is 35.5. The van der Waals surface area contributed by atoms with E-state index in [0.29, 0.717) is 41.0 Å². The number of hydrogen-bond acceptors (Lipinski definition) is 7. The van der Waals surface area contributed by atoms with Crippen LogP contribution in [0, 0.1) is 6.92 Å². The van der Waals surface area contributed by atoms with E-state index in [1.165, 1.54) is 0 Å². The van der Waals surface area contributed by atoms with Gasteiger partial charge in [-0.1, -0.05) is 23.7 Å². The van der Waals surface area contributed by atoms with Crippen LogP contribution in [0.3, 0.4) is 0 Å². The first-order chi connectivity index (χ1) is 15.5. The van der Waals surface area contributed by atoms with E-state index in [4.69, 9.17) is 26.2 Å². The van der Waals surface area contributed by atoms with Gasteiger partial charge in [0.2, 0.25) is 5.95 Å². The number of hydrazone groups is 1. The highest BCUT2D eigenvalue weighted by molar-refractivity contribution is 6.30. The molecule has 1 heterocycles.